The molecule has 3 atom stereocenters. The van der Waals surface area contributed by atoms with Crippen LogP contribution in [0.5, 0.6) is 0 Å². The SMILES string of the molecule is O=[N+]([O-])c1ccc([C@H]2OC[C@H]3Cc4ccccc4[C@H]3N2Cc2ccccc2)cc1. The molecule has 0 radical (unpaired) electrons. The van der Waals surface area contributed by atoms with Crippen LogP contribution >= 0.6 is 0 Å². The minimum Gasteiger partial charge on any atom is -0.358 e. The first kappa shape index (κ1) is 18.0. The topological polar surface area (TPSA) is 55.6 Å². The first-order chi connectivity index (χ1) is 14.2. The van der Waals surface area contributed by atoms with Crippen molar-refractivity contribution in [2.75, 3.05) is 6.61 Å². The van der Waals surface area contributed by atoms with E-state index in [4.69, 9.17) is 4.74 Å². The number of ether oxygens (including phenoxy) is 1. The van der Waals surface area contributed by atoms with Crippen LogP contribution in [0.1, 0.15) is 34.5 Å². The molecule has 1 aliphatic heterocycles. The number of nitro groups is 1. The average Bonchev–Trinajstić information content (AvgIpc) is 3.14. The molecule has 2 aliphatic rings. The third-order valence-corrected chi connectivity index (χ3v) is 6.03. The number of nitrogens with zero attached hydrogens (tertiary/aromatic N) is 2. The molecule has 1 fully saturated rings. The molecule has 29 heavy (non-hydrogen) atoms. The molecule has 3 aromatic rings. The van der Waals surface area contributed by atoms with Crippen molar-refractivity contribution < 1.29 is 9.66 Å². The second kappa shape index (κ2) is 7.43. The third kappa shape index (κ3) is 3.33. The smallest absolute Gasteiger partial charge is 0.269 e. The number of nitro benzene ring substituents is 1. The molecule has 0 amide bonds. The average molecular weight is 386 g/mol. The first-order valence-electron chi connectivity index (χ1n) is 9.94. The van der Waals surface area contributed by atoms with Gasteiger partial charge in [0.1, 0.15) is 6.23 Å². The van der Waals surface area contributed by atoms with Gasteiger partial charge in [-0.2, -0.15) is 0 Å². The number of non-ortho nitro benzene ring substituents is 1. The summed E-state index contributed by atoms with van der Waals surface area (Å²) in [5.41, 5.74) is 5.06. The molecule has 0 aromatic heterocycles. The van der Waals surface area contributed by atoms with Crippen molar-refractivity contribution in [3.05, 3.63) is 111 Å². The van der Waals surface area contributed by atoms with Crippen molar-refractivity contribution >= 4 is 5.69 Å². The Morgan fingerprint density at radius 2 is 1.69 bits per heavy atom. The highest BCUT2D eigenvalue weighted by Crippen LogP contribution is 2.48. The van der Waals surface area contributed by atoms with E-state index in [9.17, 15) is 10.1 Å². The Bertz CT molecular complexity index is 1020. The van der Waals surface area contributed by atoms with Crippen molar-refractivity contribution in [2.45, 2.75) is 25.2 Å². The van der Waals surface area contributed by atoms with Gasteiger partial charge in [-0.15, -0.1) is 0 Å². The van der Waals surface area contributed by atoms with Gasteiger partial charge in [-0.1, -0.05) is 54.6 Å². The Balaban J connectivity index is 1.54. The number of hydrogen-bond acceptors (Lipinski definition) is 4. The first-order valence-corrected chi connectivity index (χ1v) is 9.94. The van der Waals surface area contributed by atoms with Crippen LogP contribution in [0.3, 0.4) is 0 Å². The van der Waals surface area contributed by atoms with Crippen molar-refractivity contribution in [3.8, 4) is 0 Å². The van der Waals surface area contributed by atoms with Crippen molar-refractivity contribution in [3.63, 3.8) is 0 Å². The lowest BCUT2D eigenvalue weighted by Crippen LogP contribution is -2.42. The zero-order valence-corrected chi connectivity index (χ0v) is 16.0. The van der Waals surface area contributed by atoms with E-state index >= 15 is 0 Å². The molecule has 5 heteroatoms. The zero-order chi connectivity index (χ0) is 19.8. The number of benzene rings is 3. The summed E-state index contributed by atoms with van der Waals surface area (Å²) in [6, 6.07) is 26.1. The predicted octanol–water partition coefficient (Wildman–Crippen LogP) is 5.04. The highest BCUT2D eigenvalue weighted by Gasteiger charge is 2.44. The van der Waals surface area contributed by atoms with Gasteiger partial charge < -0.3 is 4.74 Å². The lowest BCUT2D eigenvalue weighted by molar-refractivity contribution is -0.384. The van der Waals surface area contributed by atoms with Crippen molar-refractivity contribution in [1.82, 2.24) is 4.90 Å². The van der Waals surface area contributed by atoms with Gasteiger partial charge in [0, 0.05) is 30.6 Å². The molecule has 0 spiro atoms. The van der Waals surface area contributed by atoms with Crippen LogP contribution in [0.15, 0.2) is 78.9 Å². The van der Waals surface area contributed by atoms with Gasteiger partial charge in [-0.05, 0) is 40.8 Å². The maximum Gasteiger partial charge on any atom is 0.269 e. The molecule has 5 rings (SSSR count). The fourth-order valence-corrected chi connectivity index (χ4v) is 4.74. The molecule has 5 nitrogen and oxygen atoms in total. The highest BCUT2D eigenvalue weighted by atomic mass is 16.6. The highest BCUT2D eigenvalue weighted by molar-refractivity contribution is 5.38. The Morgan fingerprint density at radius 3 is 2.45 bits per heavy atom. The van der Waals surface area contributed by atoms with Gasteiger partial charge in [0.25, 0.3) is 5.69 Å². The van der Waals surface area contributed by atoms with E-state index in [1.807, 2.05) is 18.2 Å². The molecule has 0 unspecified atom stereocenters. The molecule has 0 N–H and O–H groups in total. The maximum atomic E-state index is 11.0. The van der Waals surface area contributed by atoms with Crippen LogP contribution in [0.25, 0.3) is 0 Å². The molecular formula is C24H22N2O3. The molecule has 1 saturated heterocycles. The number of rotatable bonds is 4. The third-order valence-electron chi connectivity index (χ3n) is 6.03. The molecule has 3 aromatic carbocycles. The van der Waals surface area contributed by atoms with Gasteiger partial charge in [-0.25, -0.2) is 0 Å². The van der Waals surface area contributed by atoms with Crippen LogP contribution in [0.4, 0.5) is 5.69 Å². The summed E-state index contributed by atoms with van der Waals surface area (Å²) in [7, 11) is 0. The van der Waals surface area contributed by atoms with E-state index in [2.05, 4.69) is 53.4 Å². The van der Waals surface area contributed by atoms with Gasteiger partial charge >= 0.3 is 0 Å². The van der Waals surface area contributed by atoms with Crippen LogP contribution in [0, 0.1) is 16.0 Å². The summed E-state index contributed by atoms with van der Waals surface area (Å²) in [6.07, 6.45) is 0.794. The Kier molecular flexibility index (Phi) is 4.62. The Hall–Kier alpha value is -3.02. The van der Waals surface area contributed by atoms with Crippen LogP contribution < -0.4 is 0 Å². The van der Waals surface area contributed by atoms with Crippen LogP contribution in [-0.2, 0) is 17.7 Å². The summed E-state index contributed by atoms with van der Waals surface area (Å²) in [5.74, 6) is 0.422. The molecule has 0 bridgehead atoms. The lowest BCUT2D eigenvalue weighted by Gasteiger charge is -2.44. The van der Waals surface area contributed by atoms with E-state index in [-0.39, 0.29) is 22.9 Å². The van der Waals surface area contributed by atoms with Crippen molar-refractivity contribution in [1.29, 1.82) is 0 Å². The summed E-state index contributed by atoms with van der Waals surface area (Å²) in [4.78, 5) is 13.1. The minimum atomic E-state index is -0.365. The van der Waals surface area contributed by atoms with Crippen molar-refractivity contribution in [2.24, 2.45) is 5.92 Å². The summed E-state index contributed by atoms with van der Waals surface area (Å²) < 4.78 is 6.35. The fourth-order valence-electron chi connectivity index (χ4n) is 4.74. The Labute approximate surface area is 169 Å². The second-order valence-corrected chi connectivity index (χ2v) is 7.80. The molecule has 1 aliphatic carbocycles. The standard InChI is InChI=1S/C24H22N2O3/c27-26(28)21-12-10-18(11-13-21)24-25(15-17-6-2-1-3-7-17)23-20(16-29-24)14-19-8-4-5-9-22(19)23/h1-13,20,23-24H,14-16H2/t20-,23+,24-/m1/s1. The molecule has 146 valence electrons. The Morgan fingerprint density at radius 1 is 0.966 bits per heavy atom. The van der Waals surface area contributed by atoms with Gasteiger partial charge in [0.2, 0.25) is 0 Å². The van der Waals surface area contributed by atoms with E-state index < -0.39 is 0 Å². The number of fused-ring (bicyclic) bond motifs is 3. The van der Waals surface area contributed by atoms with E-state index in [1.165, 1.54) is 16.7 Å². The van der Waals surface area contributed by atoms with E-state index in [0.717, 1.165) is 18.5 Å². The van der Waals surface area contributed by atoms with Gasteiger partial charge in [0.15, 0.2) is 0 Å². The predicted molar refractivity (Wildman–Crippen MR) is 110 cm³/mol. The monoisotopic (exact) mass is 386 g/mol. The second-order valence-electron chi connectivity index (χ2n) is 7.80. The molecule has 0 saturated carbocycles. The quantitative estimate of drug-likeness (QED) is 0.466. The zero-order valence-electron chi connectivity index (χ0n) is 16.0. The van der Waals surface area contributed by atoms with Gasteiger partial charge in [0.05, 0.1) is 11.5 Å². The number of hydrogen-bond donors (Lipinski definition) is 0. The summed E-state index contributed by atoms with van der Waals surface area (Å²) in [6.45, 7) is 1.45. The maximum absolute atomic E-state index is 11.0. The minimum absolute atomic E-state index is 0.100. The van der Waals surface area contributed by atoms with E-state index in [0.29, 0.717) is 12.5 Å². The molecule has 1 heterocycles. The lowest BCUT2D eigenvalue weighted by atomic mass is 9.95. The van der Waals surface area contributed by atoms with Crippen LogP contribution in [-0.4, -0.2) is 16.4 Å². The molecular weight excluding hydrogens is 364 g/mol. The normalized spacial score (nSPS) is 23.4. The van der Waals surface area contributed by atoms with Crippen LogP contribution in [0.2, 0.25) is 0 Å². The summed E-state index contributed by atoms with van der Waals surface area (Å²) >= 11 is 0. The van der Waals surface area contributed by atoms with E-state index in [1.54, 1.807) is 12.1 Å². The fraction of sp³-hybridized carbons (Fsp3) is 0.250. The summed E-state index contributed by atoms with van der Waals surface area (Å²) in [5, 5.41) is 11.0. The van der Waals surface area contributed by atoms with Gasteiger partial charge in [-0.3, -0.25) is 15.0 Å². The largest absolute Gasteiger partial charge is 0.358 e.